The van der Waals surface area contributed by atoms with Gasteiger partial charge in [0.25, 0.3) is 0 Å². The van der Waals surface area contributed by atoms with Crippen LogP contribution in [0.2, 0.25) is 0 Å². The first-order valence-corrected chi connectivity index (χ1v) is 9.96. The number of hydrogen-bond donors (Lipinski definition) is 0. The number of benzene rings is 1. The summed E-state index contributed by atoms with van der Waals surface area (Å²) in [5, 5.41) is 0. The fourth-order valence-corrected chi connectivity index (χ4v) is 4.21. The molecule has 2 aromatic rings. The molecular formula is C23H30FN. The zero-order valence-corrected chi connectivity index (χ0v) is 15.6. The van der Waals surface area contributed by atoms with Gasteiger partial charge < -0.3 is 0 Å². The van der Waals surface area contributed by atoms with Crippen molar-refractivity contribution < 1.29 is 4.39 Å². The first-order valence-electron chi connectivity index (χ1n) is 9.96. The van der Waals surface area contributed by atoms with E-state index in [0.29, 0.717) is 11.5 Å². The van der Waals surface area contributed by atoms with Crippen LogP contribution in [0.15, 0.2) is 36.5 Å². The standard InChI is InChI=1S/C23H30FN/c1-3-5-17-7-10-19(11-8-17)20-12-13-21(22(24)15-20)23-14-9-18(6-4-2)16-25-23/h9,12-17,19H,3-8,10-11H2,1-2H3. The lowest BCUT2D eigenvalue weighted by atomic mass is 9.77. The molecule has 134 valence electrons. The highest BCUT2D eigenvalue weighted by molar-refractivity contribution is 5.60. The molecule has 3 rings (SSSR count). The molecular weight excluding hydrogens is 309 g/mol. The molecule has 0 atom stereocenters. The molecule has 0 N–H and O–H groups in total. The zero-order chi connectivity index (χ0) is 17.6. The van der Waals surface area contributed by atoms with Gasteiger partial charge >= 0.3 is 0 Å². The van der Waals surface area contributed by atoms with Crippen molar-refractivity contribution in [3.8, 4) is 11.3 Å². The Morgan fingerprint density at radius 2 is 1.80 bits per heavy atom. The highest BCUT2D eigenvalue weighted by Crippen LogP contribution is 2.38. The monoisotopic (exact) mass is 339 g/mol. The number of nitrogens with zero attached hydrogens (tertiary/aromatic N) is 1. The van der Waals surface area contributed by atoms with Crippen LogP contribution in [0.5, 0.6) is 0 Å². The van der Waals surface area contributed by atoms with E-state index < -0.39 is 0 Å². The summed E-state index contributed by atoms with van der Waals surface area (Å²) < 4.78 is 14.7. The first-order chi connectivity index (χ1) is 12.2. The smallest absolute Gasteiger partial charge is 0.132 e. The number of hydrogen-bond acceptors (Lipinski definition) is 1. The fraction of sp³-hybridized carbons (Fsp3) is 0.522. The van der Waals surface area contributed by atoms with Crippen LogP contribution in [-0.4, -0.2) is 4.98 Å². The van der Waals surface area contributed by atoms with E-state index in [4.69, 9.17) is 0 Å². The number of aryl methyl sites for hydroxylation is 1. The van der Waals surface area contributed by atoms with Crippen molar-refractivity contribution >= 4 is 0 Å². The van der Waals surface area contributed by atoms with Gasteiger partial charge in [0.2, 0.25) is 0 Å². The number of pyridine rings is 1. The minimum absolute atomic E-state index is 0.135. The van der Waals surface area contributed by atoms with Gasteiger partial charge in [0.15, 0.2) is 0 Å². The third kappa shape index (κ3) is 4.48. The molecule has 0 bridgehead atoms. The fourth-order valence-electron chi connectivity index (χ4n) is 4.21. The second-order valence-corrected chi connectivity index (χ2v) is 7.55. The van der Waals surface area contributed by atoms with Gasteiger partial charge in [-0.25, -0.2) is 4.39 Å². The Hall–Kier alpha value is -1.70. The quantitative estimate of drug-likeness (QED) is 0.557. The van der Waals surface area contributed by atoms with Crippen LogP contribution in [0, 0.1) is 11.7 Å². The molecule has 25 heavy (non-hydrogen) atoms. The SMILES string of the molecule is CCCc1ccc(-c2ccc(C3CCC(CCC)CC3)cc2F)nc1. The molecule has 0 saturated heterocycles. The molecule has 1 fully saturated rings. The molecule has 1 aliphatic rings. The molecule has 1 aromatic carbocycles. The van der Waals surface area contributed by atoms with E-state index in [1.165, 1.54) is 49.7 Å². The summed E-state index contributed by atoms with van der Waals surface area (Å²) in [5.74, 6) is 1.27. The van der Waals surface area contributed by atoms with E-state index in [9.17, 15) is 4.39 Å². The number of rotatable bonds is 6. The highest BCUT2D eigenvalue weighted by atomic mass is 19.1. The van der Waals surface area contributed by atoms with E-state index in [1.807, 2.05) is 18.3 Å². The van der Waals surface area contributed by atoms with Gasteiger partial charge in [-0.15, -0.1) is 0 Å². The minimum Gasteiger partial charge on any atom is -0.256 e. The Kier molecular flexibility index (Phi) is 6.23. The van der Waals surface area contributed by atoms with Crippen molar-refractivity contribution in [2.75, 3.05) is 0 Å². The van der Waals surface area contributed by atoms with Crippen LogP contribution in [-0.2, 0) is 6.42 Å². The lowest BCUT2D eigenvalue weighted by Crippen LogP contribution is -2.13. The van der Waals surface area contributed by atoms with Crippen LogP contribution in [0.1, 0.15) is 75.8 Å². The Morgan fingerprint density at radius 1 is 1.00 bits per heavy atom. The van der Waals surface area contributed by atoms with Gasteiger partial charge in [0, 0.05) is 11.8 Å². The maximum atomic E-state index is 14.7. The molecule has 1 saturated carbocycles. The topological polar surface area (TPSA) is 12.9 Å². The van der Waals surface area contributed by atoms with Crippen LogP contribution in [0.25, 0.3) is 11.3 Å². The summed E-state index contributed by atoms with van der Waals surface area (Å²) in [6, 6.07) is 9.80. The summed E-state index contributed by atoms with van der Waals surface area (Å²) in [4.78, 5) is 4.46. The maximum absolute atomic E-state index is 14.7. The minimum atomic E-state index is -0.135. The van der Waals surface area contributed by atoms with Crippen LogP contribution < -0.4 is 0 Å². The summed E-state index contributed by atoms with van der Waals surface area (Å²) in [6.45, 7) is 4.42. The maximum Gasteiger partial charge on any atom is 0.132 e. The number of halogens is 1. The van der Waals surface area contributed by atoms with E-state index in [1.54, 1.807) is 6.07 Å². The normalized spacial score (nSPS) is 20.6. The van der Waals surface area contributed by atoms with E-state index in [0.717, 1.165) is 24.5 Å². The van der Waals surface area contributed by atoms with Crippen LogP contribution >= 0.6 is 0 Å². The molecule has 1 heterocycles. The van der Waals surface area contributed by atoms with Gasteiger partial charge in [-0.3, -0.25) is 4.98 Å². The van der Waals surface area contributed by atoms with E-state index >= 15 is 0 Å². The van der Waals surface area contributed by atoms with Crippen LogP contribution in [0.4, 0.5) is 4.39 Å². The molecule has 2 heteroatoms. The second kappa shape index (κ2) is 8.60. The van der Waals surface area contributed by atoms with Gasteiger partial charge in [-0.1, -0.05) is 45.2 Å². The molecule has 0 spiro atoms. The molecule has 0 aliphatic heterocycles. The van der Waals surface area contributed by atoms with Crippen molar-refractivity contribution in [1.29, 1.82) is 0 Å². The third-order valence-electron chi connectivity index (χ3n) is 5.65. The van der Waals surface area contributed by atoms with Gasteiger partial charge in [0.05, 0.1) is 5.69 Å². The van der Waals surface area contributed by atoms with Crippen molar-refractivity contribution in [2.24, 2.45) is 5.92 Å². The second-order valence-electron chi connectivity index (χ2n) is 7.55. The summed E-state index contributed by atoms with van der Waals surface area (Å²) in [5.41, 5.74) is 3.73. The van der Waals surface area contributed by atoms with Crippen LogP contribution in [0.3, 0.4) is 0 Å². The van der Waals surface area contributed by atoms with E-state index in [-0.39, 0.29) is 5.82 Å². The summed E-state index contributed by atoms with van der Waals surface area (Å²) >= 11 is 0. The third-order valence-corrected chi connectivity index (χ3v) is 5.65. The zero-order valence-electron chi connectivity index (χ0n) is 15.6. The molecule has 1 aromatic heterocycles. The Morgan fingerprint density at radius 3 is 2.40 bits per heavy atom. The average molecular weight is 339 g/mol. The largest absolute Gasteiger partial charge is 0.256 e. The predicted molar refractivity (Wildman–Crippen MR) is 103 cm³/mol. The Balaban J connectivity index is 1.71. The van der Waals surface area contributed by atoms with Gasteiger partial charge in [-0.05, 0) is 73.3 Å². The molecule has 0 unspecified atom stereocenters. The molecule has 0 radical (unpaired) electrons. The lowest BCUT2D eigenvalue weighted by molar-refractivity contribution is 0.308. The van der Waals surface area contributed by atoms with Crippen molar-refractivity contribution in [1.82, 2.24) is 4.98 Å². The van der Waals surface area contributed by atoms with Gasteiger partial charge in [0.1, 0.15) is 5.82 Å². The van der Waals surface area contributed by atoms with E-state index in [2.05, 4.69) is 31.0 Å². The van der Waals surface area contributed by atoms with Crippen molar-refractivity contribution in [2.45, 2.75) is 71.1 Å². The first kappa shape index (κ1) is 18.1. The predicted octanol–water partition coefficient (Wildman–Crippen LogP) is 6.91. The number of aromatic nitrogens is 1. The molecule has 0 amide bonds. The Labute approximate surface area is 151 Å². The lowest BCUT2D eigenvalue weighted by Gasteiger charge is -2.28. The Bertz CT molecular complexity index is 669. The molecule has 1 nitrogen and oxygen atoms in total. The highest BCUT2D eigenvalue weighted by Gasteiger charge is 2.22. The summed E-state index contributed by atoms with van der Waals surface area (Å²) in [7, 11) is 0. The molecule has 1 aliphatic carbocycles. The van der Waals surface area contributed by atoms with Gasteiger partial charge in [-0.2, -0.15) is 0 Å². The average Bonchev–Trinajstić information content (AvgIpc) is 2.64. The van der Waals surface area contributed by atoms with Crippen molar-refractivity contribution in [3.05, 3.63) is 53.5 Å². The van der Waals surface area contributed by atoms with Crippen molar-refractivity contribution in [3.63, 3.8) is 0 Å². The summed E-state index contributed by atoms with van der Waals surface area (Å²) in [6.07, 6.45) is 11.6.